The van der Waals surface area contributed by atoms with Crippen LogP contribution in [-0.4, -0.2) is 24.1 Å². The standard InChI is InChI=1S/C14H18N2O3/c1-9-16-12-7-6-10(8-13(12)19-9)4-3-5-11(15)14(17)18-2/h6-8,11H,3-5,15H2,1-2H3. The Bertz CT molecular complexity index is 577. The van der Waals surface area contributed by atoms with Gasteiger partial charge in [0, 0.05) is 6.92 Å². The molecule has 2 aromatic rings. The SMILES string of the molecule is COC(=O)C(N)CCCc1ccc2nc(C)oc2c1. The Labute approximate surface area is 111 Å². The van der Waals surface area contributed by atoms with Crippen molar-refractivity contribution in [2.45, 2.75) is 32.2 Å². The van der Waals surface area contributed by atoms with E-state index in [-0.39, 0.29) is 5.97 Å². The molecular formula is C14H18N2O3. The molecule has 0 aliphatic heterocycles. The molecule has 2 N–H and O–H groups in total. The Morgan fingerprint density at radius 2 is 2.32 bits per heavy atom. The zero-order valence-electron chi connectivity index (χ0n) is 11.2. The fraction of sp³-hybridized carbons (Fsp3) is 0.429. The number of aromatic nitrogens is 1. The van der Waals surface area contributed by atoms with Gasteiger partial charge in [0.15, 0.2) is 11.5 Å². The van der Waals surface area contributed by atoms with Crippen molar-refractivity contribution in [3.05, 3.63) is 29.7 Å². The van der Waals surface area contributed by atoms with Crippen molar-refractivity contribution in [2.24, 2.45) is 5.73 Å². The van der Waals surface area contributed by atoms with Gasteiger partial charge in [-0.2, -0.15) is 0 Å². The summed E-state index contributed by atoms with van der Waals surface area (Å²) in [5.74, 6) is 0.307. The second-order valence-corrected chi connectivity index (χ2v) is 4.56. The molecule has 0 radical (unpaired) electrons. The summed E-state index contributed by atoms with van der Waals surface area (Å²) in [5, 5.41) is 0. The number of ether oxygens (including phenoxy) is 1. The van der Waals surface area contributed by atoms with Crippen molar-refractivity contribution >= 4 is 17.1 Å². The first kappa shape index (κ1) is 13.5. The van der Waals surface area contributed by atoms with Crippen molar-refractivity contribution in [3.8, 4) is 0 Å². The molecule has 0 bridgehead atoms. The third-order valence-electron chi connectivity index (χ3n) is 3.04. The van der Waals surface area contributed by atoms with Gasteiger partial charge in [-0.3, -0.25) is 4.79 Å². The first-order valence-corrected chi connectivity index (χ1v) is 6.29. The summed E-state index contributed by atoms with van der Waals surface area (Å²) >= 11 is 0. The van der Waals surface area contributed by atoms with E-state index in [1.165, 1.54) is 7.11 Å². The minimum atomic E-state index is -0.541. The van der Waals surface area contributed by atoms with Crippen LogP contribution in [0.5, 0.6) is 0 Å². The first-order chi connectivity index (χ1) is 9.10. The lowest BCUT2D eigenvalue weighted by molar-refractivity contribution is -0.142. The van der Waals surface area contributed by atoms with E-state index in [4.69, 9.17) is 10.2 Å². The topological polar surface area (TPSA) is 78.4 Å². The van der Waals surface area contributed by atoms with Crippen LogP contribution in [0.2, 0.25) is 0 Å². The summed E-state index contributed by atoms with van der Waals surface area (Å²) in [4.78, 5) is 15.4. The van der Waals surface area contributed by atoms with Gasteiger partial charge in [-0.05, 0) is 37.0 Å². The summed E-state index contributed by atoms with van der Waals surface area (Å²) < 4.78 is 10.1. The smallest absolute Gasteiger partial charge is 0.322 e. The molecule has 2 rings (SSSR count). The number of carbonyl (C=O) groups is 1. The lowest BCUT2D eigenvalue weighted by atomic mass is 10.0. The molecule has 0 saturated heterocycles. The summed E-state index contributed by atoms with van der Waals surface area (Å²) in [6.45, 7) is 1.83. The molecule has 1 atom stereocenters. The normalized spacial score (nSPS) is 12.6. The number of aryl methyl sites for hydroxylation is 2. The van der Waals surface area contributed by atoms with E-state index in [9.17, 15) is 4.79 Å². The minimum absolute atomic E-state index is 0.360. The van der Waals surface area contributed by atoms with E-state index in [0.717, 1.165) is 29.5 Å². The third-order valence-corrected chi connectivity index (χ3v) is 3.04. The first-order valence-electron chi connectivity index (χ1n) is 6.29. The van der Waals surface area contributed by atoms with E-state index in [2.05, 4.69) is 9.72 Å². The molecule has 0 saturated carbocycles. The van der Waals surface area contributed by atoms with Gasteiger partial charge in [0.2, 0.25) is 0 Å². The molecule has 0 aliphatic carbocycles. The highest BCUT2D eigenvalue weighted by atomic mass is 16.5. The van der Waals surface area contributed by atoms with E-state index in [1.54, 1.807) is 0 Å². The molecule has 0 spiro atoms. The molecule has 1 unspecified atom stereocenters. The Morgan fingerprint density at radius 1 is 1.53 bits per heavy atom. The van der Waals surface area contributed by atoms with Crippen molar-refractivity contribution in [2.75, 3.05) is 7.11 Å². The number of rotatable bonds is 5. The Morgan fingerprint density at radius 3 is 3.05 bits per heavy atom. The van der Waals surface area contributed by atoms with E-state index in [0.29, 0.717) is 12.3 Å². The van der Waals surface area contributed by atoms with Crippen LogP contribution in [0.1, 0.15) is 24.3 Å². The third kappa shape index (κ3) is 3.32. The fourth-order valence-corrected chi connectivity index (χ4v) is 2.04. The second kappa shape index (κ2) is 5.84. The van der Waals surface area contributed by atoms with Crippen LogP contribution in [0.25, 0.3) is 11.1 Å². The maximum absolute atomic E-state index is 11.2. The van der Waals surface area contributed by atoms with Crippen molar-refractivity contribution in [1.29, 1.82) is 0 Å². The maximum Gasteiger partial charge on any atom is 0.322 e. The van der Waals surface area contributed by atoms with Crippen LogP contribution in [0.4, 0.5) is 0 Å². The number of carbonyl (C=O) groups excluding carboxylic acids is 1. The van der Waals surface area contributed by atoms with Gasteiger partial charge in [0.25, 0.3) is 0 Å². The largest absolute Gasteiger partial charge is 0.468 e. The van der Waals surface area contributed by atoms with E-state index in [1.807, 2.05) is 25.1 Å². The number of esters is 1. The van der Waals surface area contributed by atoms with Crippen molar-refractivity contribution in [3.63, 3.8) is 0 Å². The van der Waals surface area contributed by atoms with Gasteiger partial charge in [-0.1, -0.05) is 6.07 Å². The van der Waals surface area contributed by atoms with E-state index < -0.39 is 6.04 Å². The highest BCUT2D eigenvalue weighted by molar-refractivity contribution is 5.75. The van der Waals surface area contributed by atoms with Crippen LogP contribution in [0, 0.1) is 6.92 Å². The van der Waals surface area contributed by atoms with Crippen molar-refractivity contribution < 1.29 is 13.9 Å². The number of fused-ring (bicyclic) bond motifs is 1. The number of nitrogens with zero attached hydrogens (tertiary/aromatic N) is 1. The quantitative estimate of drug-likeness (QED) is 0.833. The Hall–Kier alpha value is -1.88. The number of hydrogen-bond acceptors (Lipinski definition) is 5. The van der Waals surface area contributed by atoms with Gasteiger partial charge in [0.1, 0.15) is 11.6 Å². The number of methoxy groups -OCH3 is 1. The molecule has 0 amide bonds. The molecule has 1 aromatic heterocycles. The van der Waals surface area contributed by atoms with Gasteiger partial charge in [-0.15, -0.1) is 0 Å². The van der Waals surface area contributed by atoms with E-state index >= 15 is 0 Å². The Balaban J connectivity index is 1.92. The highest BCUT2D eigenvalue weighted by Crippen LogP contribution is 2.18. The predicted molar refractivity (Wildman–Crippen MR) is 71.7 cm³/mol. The molecule has 1 heterocycles. The molecule has 5 heteroatoms. The Kier molecular flexibility index (Phi) is 4.16. The summed E-state index contributed by atoms with van der Waals surface area (Å²) in [5.41, 5.74) is 8.50. The number of nitrogens with two attached hydrogens (primary N) is 1. The lowest BCUT2D eigenvalue weighted by Gasteiger charge is -2.08. The maximum atomic E-state index is 11.2. The molecule has 0 fully saturated rings. The van der Waals surface area contributed by atoms with Crippen molar-refractivity contribution in [1.82, 2.24) is 4.98 Å². The number of benzene rings is 1. The zero-order chi connectivity index (χ0) is 13.8. The number of hydrogen-bond donors (Lipinski definition) is 1. The molecular weight excluding hydrogens is 244 g/mol. The van der Waals surface area contributed by atoms with Crippen LogP contribution in [0.15, 0.2) is 22.6 Å². The summed E-state index contributed by atoms with van der Waals surface area (Å²) in [6.07, 6.45) is 2.29. The van der Waals surface area contributed by atoms with Gasteiger partial charge in [0.05, 0.1) is 7.11 Å². The summed E-state index contributed by atoms with van der Waals surface area (Å²) in [7, 11) is 1.35. The molecule has 5 nitrogen and oxygen atoms in total. The fourth-order valence-electron chi connectivity index (χ4n) is 2.04. The molecule has 0 aliphatic rings. The monoisotopic (exact) mass is 262 g/mol. The second-order valence-electron chi connectivity index (χ2n) is 4.56. The molecule has 19 heavy (non-hydrogen) atoms. The average Bonchev–Trinajstić information content (AvgIpc) is 2.77. The van der Waals surface area contributed by atoms with Crippen LogP contribution >= 0.6 is 0 Å². The minimum Gasteiger partial charge on any atom is -0.468 e. The highest BCUT2D eigenvalue weighted by Gasteiger charge is 2.13. The van der Waals surface area contributed by atoms with Gasteiger partial charge in [-0.25, -0.2) is 4.98 Å². The zero-order valence-corrected chi connectivity index (χ0v) is 11.2. The van der Waals surface area contributed by atoms with Crippen LogP contribution in [-0.2, 0) is 16.0 Å². The predicted octanol–water partition coefficient (Wildman–Crippen LogP) is 1.96. The molecule has 1 aromatic carbocycles. The lowest BCUT2D eigenvalue weighted by Crippen LogP contribution is -2.31. The average molecular weight is 262 g/mol. The van der Waals surface area contributed by atoms with Crippen LogP contribution in [0.3, 0.4) is 0 Å². The van der Waals surface area contributed by atoms with Gasteiger partial charge >= 0.3 is 5.97 Å². The van der Waals surface area contributed by atoms with Crippen LogP contribution < -0.4 is 5.73 Å². The number of oxazole rings is 1. The summed E-state index contributed by atoms with van der Waals surface area (Å²) in [6, 6.07) is 5.41. The van der Waals surface area contributed by atoms with Gasteiger partial charge < -0.3 is 14.9 Å². The molecule has 102 valence electrons.